The minimum Gasteiger partial charge on any atom is -0.497 e. The van der Waals surface area contributed by atoms with Crippen LogP contribution in [-0.2, 0) is 6.54 Å². The maximum Gasteiger partial charge on any atom is 0.118 e. The number of halogens is 1. The zero-order valence-electron chi connectivity index (χ0n) is 12.0. The predicted molar refractivity (Wildman–Crippen MR) is 91.2 cm³/mol. The molecule has 20 heavy (non-hydrogen) atoms. The van der Waals surface area contributed by atoms with E-state index in [1.807, 2.05) is 38.1 Å². The minimum atomic E-state index is 0.821. The van der Waals surface area contributed by atoms with Crippen molar-refractivity contribution in [1.82, 2.24) is 4.72 Å². The molecule has 0 spiro atoms. The number of hydrogen-bond donors (Lipinski definition) is 1. The van der Waals surface area contributed by atoms with Crippen LogP contribution >= 0.6 is 27.9 Å². The van der Waals surface area contributed by atoms with Crippen molar-refractivity contribution in [1.29, 1.82) is 0 Å². The highest BCUT2D eigenvalue weighted by Crippen LogP contribution is 2.20. The highest BCUT2D eigenvalue weighted by Gasteiger charge is 1.97. The molecule has 0 aliphatic heterocycles. The molecule has 0 aliphatic rings. The maximum atomic E-state index is 5.13. The van der Waals surface area contributed by atoms with Gasteiger partial charge in [0.25, 0.3) is 0 Å². The van der Waals surface area contributed by atoms with Crippen LogP contribution in [0.3, 0.4) is 0 Å². The second-order valence-electron chi connectivity index (χ2n) is 3.73. The fourth-order valence-corrected chi connectivity index (χ4v) is 2.77. The molecule has 2 rings (SSSR count). The summed E-state index contributed by atoms with van der Waals surface area (Å²) in [7, 11) is 1.68. The molecule has 0 fully saturated rings. The van der Waals surface area contributed by atoms with E-state index in [-0.39, 0.29) is 0 Å². The number of hydrogen-bond acceptors (Lipinski definition) is 3. The fraction of sp³-hybridized carbons (Fsp3) is 0.250. The van der Waals surface area contributed by atoms with Gasteiger partial charge in [0, 0.05) is 15.9 Å². The summed E-state index contributed by atoms with van der Waals surface area (Å²) in [6.45, 7) is 4.82. The molecule has 4 heteroatoms. The van der Waals surface area contributed by atoms with Gasteiger partial charge in [-0.2, -0.15) is 0 Å². The summed E-state index contributed by atoms with van der Waals surface area (Å²) in [5.74, 6) is 0.887. The Hall–Kier alpha value is -0.970. The van der Waals surface area contributed by atoms with Crippen LogP contribution in [0.15, 0.2) is 57.9 Å². The molecule has 0 bridgehead atoms. The molecule has 0 radical (unpaired) electrons. The van der Waals surface area contributed by atoms with E-state index < -0.39 is 0 Å². The third-order valence-electron chi connectivity index (χ3n) is 2.42. The highest BCUT2D eigenvalue weighted by atomic mass is 79.9. The zero-order valence-corrected chi connectivity index (χ0v) is 14.4. The topological polar surface area (TPSA) is 21.3 Å². The predicted octanol–water partition coefficient (Wildman–Crippen LogP) is 5.28. The SMILES string of the molecule is CC.COc1ccc(CNSc2cccc(Br)c2)cc1. The number of ether oxygens (including phenoxy) is 1. The third-order valence-corrected chi connectivity index (χ3v) is 3.69. The Bertz CT molecular complexity index is 502. The van der Waals surface area contributed by atoms with Crippen LogP contribution < -0.4 is 9.46 Å². The van der Waals surface area contributed by atoms with E-state index in [1.165, 1.54) is 10.5 Å². The summed E-state index contributed by atoms with van der Waals surface area (Å²) in [6.07, 6.45) is 0. The molecule has 2 aromatic rings. The first-order chi connectivity index (χ1) is 9.78. The molecular weight excluding hydrogens is 334 g/mol. The van der Waals surface area contributed by atoms with Crippen LogP contribution in [0.2, 0.25) is 0 Å². The van der Waals surface area contributed by atoms with Crippen LogP contribution in [0.4, 0.5) is 0 Å². The molecule has 0 saturated carbocycles. The molecular formula is C16H20BrNOS. The van der Waals surface area contributed by atoms with Crippen molar-refractivity contribution in [2.45, 2.75) is 25.3 Å². The van der Waals surface area contributed by atoms with E-state index in [4.69, 9.17) is 4.74 Å². The van der Waals surface area contributed by atoms with E-state index in [9.17, 15) is 0 Å². The highest BCUT2D eigenvalue weighted by molar-refractivity contribution is 9.10. The van der Waals surface area contributed by atoms with Crippen molar-refractivity contribution >= 4 is 27.9 Å². The number of rotatable bonds is 5. The molecule has 0 amide bonds. The van der Waals surface area contributed by atoms with E-state index in [1.54, 1.807) is 19.1 Å². The Morgan fingerprint density at radius 3 is 2.40 bits per heavy atom. The molecule has 0 saturated heterocycles. The molecule has 2 aromatic carbocycles. The van der Waals surface area contributed by atoms with Gasteiger partial charge in [0.05, 0.1) is 7.11 Å². The van der Waals surface area contributed by atoms with Crippen LogP contribution in [0.1, 0.15) is 19.4 Å². The van der Waals surface area contributed by atoms with Crippen LogP contribution in [0.5, 0.6) is 5.75 Å². The second-order valence-corrected chi connectivity index (χ2v) is 5.61. The van der Waals surface area contributed by atoms with Crippen molar-refractivity contribution in [2.75, 3.05) is 7.11 Å². The first-order valence-electron chi connectivity index (χ1n) is 6.56. The van der Waals surface area contributed by atoms with Gasteiger partial charge >= 0.3 is 0 Å². The van der Waals surface area contributed by atoms with Gasteiger partial charge in [-0.1, -0.05) is 48.0 Å². The summed E-state index contributed by atoms with van der Waals surface area (Å²) < 4.78 is 9.56. The second kappa shape index (κ2) is 9.86. The maximum absolute atomic E-state index is 5.13. The molecule has 108 valence electrons. The van der Waals surface area contributed by atoms with E-state index in [2.05, 4.69) is 44.9 Å². The monoisotopic (exact) mass is 353 g/mol. The molecule has 0 aromatic heterocycles. The lowest BCUT2D eigenvalue weighted by molar-refractivity contribution is 0.414. The Morgan fingerprint density at radius 1 is 1.10 bits per heavy atom. The van der Waals surface area contributed by atoms with Gasteiger partial charge in [0.1, 0.15) is 5.75 Å². The Kier molecular flexibility index (Phi) is 8.42. The summed E-state index contributed by atoms with van der Waals surface area (Å²) in [4.78, 5) is 1.19. The zero-order chi connectivity index (χ0) is 14.8. The van der Waals surface area contributed by atoms with Gasteiger partial charge < -0.3 is 4.74 Å². The number of benzene rings is 2. The van der Waals surface area contributed by atoms with Crippen LogP contribution in [0, 0.1) is 0 Å². The molecule has 0 atom stereocenters. The Morgan fingerprint density at radius 2 is 1.80 bits per heavy atom. The normalized spacial score (nSPS) is 9.60. The van der Waals surface area contributed by atoms with Crippen LogP contribution in [-0.4, -0.2) is 7.11 Å². The van der Waals surface area contributed by atoms with E-state index in [0.29, 0.717) is 0 Å². The molecule has 0 aliphatic carbocycles. The lowest BCUT2D eigenvalue weighted by Crippen LogP contribution is -2.02. The lowest BCUT2D eigenvalue weighted by Gasteiger charge is -2.05. The van der Waals surface area contributed by atoms with Gasteiger partial charge in [-0.3, -0.25) is 4.72 Å². The summed E-state index contributed by atoms with van der Waals surface area (Å²) in [6, 6.07) is 16.3. The van der Waals surface area contributed by atoms with Crippen molar-refractivity contribution in [3.05, 3.63) is 58.6 Å². The van der Waals surface area contributed by atoms with Gasteiger partial charge in [-0.25, -0.2) is 0 Å². The third kappa shape index (κ3) is 5.99. The molecule has 2 nitrogen and oxygen atoms in total. The van der Waals surface area contributed by atoms with E-state index >= 15 is 0 Å². The summed E-state index contributed by atoms with van der Waals surface area (Å²) in [5, 5.41) is 0. The first-order valence-corrected chi connectivity index (χ1v) is 8.17. The molecule has 0 unspecified atom stereocenters. The average molecular weight is 354 g/mol. The van der Waals surface area contributed by atoms with Gasteiger partial charge in [0.2, 0.25) is 0 Å². The summed E-state index contributed by atoms with van der Waals surface area (Å²) >= 11 is 5.09. The smallest absolute Gasteiger partial charge is 0.118 e. The standard InChI is InChI=1S/C14H14BrNOS.C2H6/c1-17-13-7-5-11(6-8-13)10-16-18-14-4-2-3-12(15)9-14;1-2/h2-9,16H,10H2,1H3;1-2H3. The number of methoxy groups -OCH3 is 1. The fourth-order valence-electron chi connectivity index (χ4n) is 1.48. The molecule has 1 N–H and O–H groups in total. The van der Waals surface area contributed by atoms with Crippen molar-refractivity contribution in [2.24, 2.45) is 0 Å². The van der Waals surface area contributed by atoms with Gasteiger partial charge in [-0.15, -0.1) is 0 Å². The average Bonchev–Trinajstić information content (AvgIpc) is 2.50. The Labute approximate surface area is 134 Å². The van der Waals surface area contributed by atoms with Gasteiger partial charge in [-0.05, 0) is 47.8 Å². The lowest BCUT2D eigenvalue weighted by atomic mass is 10.2. The largest absolute Gasteiger partial charge is 0.497 e. The minimum absolute atomic E-state index is 0.821. The van der Waals surface area contributed by atoms with Crippen molar-refractivity contribution in [3.63, 3.8) is 0 Å². The van der Waals surface area contributed by atoms with Crippen molar-refractivity contribution < 1.29 is 4.74 Å². The molecule has 0 heterocycles. The number of nitrogens with one attached hydrogen (secondary N) is 1. The quantitative estimate of drug-likeness (QED) is 0.738. The first kappa shape index (κ1) is 17.1. The van der Waals surface area contributed by atoms with E-state index in [0.717, 1.165) is 16.8 Å². The van der Waals surface area contributed by atoms with Crippen molar-refractivity contribution in [3.8, 4) is 5.75 Å². The van der Waals surface area contributed by atoms with Gasteiger partial charge in [0.15, 0.2) is 0 Å². The van der Waals surface area contributed by atoms with Crippen LogP contribution in [0.25, 0.3) is 0 Å². The summed E-state index contributed by atoms with van der Waals surface area (Å²) in [5.41, 5.74) is 1.23. The Balaban J connectivity index is 0.000000956.